The van der Waals surface area contributed by atoms with Gasteiger partial charge in [-0.1, -0.05) is 35.9 Å². The van der Waals surface area contributed by atoms with Crippen LogP contribution in [0.1, 0.15) is 10.4 Å². The summed E-state index contributed by atoms with van der Waals surface area (Å²) in [7, 11) is -22.0. The molecule has 20 nitrogen and oxygen atoms in total. The average Bonchev–Trinajstić information content (AvgIpc) is 3.10. The second kappa shape index (κ2) is 21.2. The van der Waals surface area contributed by atoms with E-state index in [1.54, 1.807) is 0 Å². The molecule has 1 aromatic heterocycles. The molecule has 302 valence electrons. The molecule has 0 atom stereocenters. The van der Waals surface area contributed by atoms with Crippen LogP contribution in [0, 0.1) is 12.0 Å². The van der Waals surface area contributed by atoms with Crippen molar-refractivity contribution in [3.63, 3.8) is 0 Å². The summed E-state index contributed by atoms with van der Waals surface area (Å²) in [5.41, 5.74) is -3.27. The molecule has 0 radical (unpaired) electrons. The molecule has 5 aromatic carbocycles. The van der Waals surface area contributed by atoms with Crippen molar-refractivity contribution in [2.75, 3.05) is 10.6 Å². The molecule has 0 saturated carbocycles. The van der Waals surface area contributed by atoms with Crippen molar-refractivity contribution >= 4 is 108 Å². The zero-order valence-electron chi connectivity index (χ0n) is 31.7. The van der Waals surface area contributed by atoms with E-state index in [-0.39, 0.29) is 129 Å². The Kier molecular flexibility index (Phi) is 19.2. The van der Waals surface area contributed by atoms with Crippen LogP contribution in [0.3, 0.4) is 0 Å². The fourth-order valence-corrected chi connectivity index (χ4v) is 8.31. The van der Waals surface area contributed by atoms with E-state index in [1.807, 2.05) is 0 Å². The summed E-state index contributed by atoms with van der Waals surface area (Å²) < 4.78 is 174. The van der Waals surface area contributed by atoms with Gasteiger partial charge in [0.15, 0.2) is 11.6 Å². The molecule has 0 bridgehead atoms. The van der Waals surface area contributed by atoms with Gasteiger partial charge in [0.2, 0.25) is 5.95 Å². The Bertz CT molecular complexity index is 3290. The maximum Gasteiger partial charge on any atom is 1.00 e. The van der Waals surface area contributed by atoms with Gasteiger partial charge in [-0.3, -0.25) is 4.79 Å². The van der Waals surface area contributed by atoms with Crippen LogP contribution in [0.2, 0.25) is 5.02 Å². The number of carbonyl (C=O) groups is 1. The normalized spacial score (nSPS) is 11.9. The number of fused-ring (bicyclic) bond motifs is 2. The Balaban J connectivity index is 0.00000331. The van der Waals surface area contributed by atoms with Gasteiger partial charge in [0.25, 0.3) is 5.91 Å². The van der Waals surface area contributed by atoms with Gasteiger partial charge in [0.1, 0.15) is 56.9 Å². The van der Waals surface area contributed by atoms with Crippen molar-refractivity contribution in [3.05, 3.63) is 95.4 Å². The third-order valence-corrected chi connectivity index (χ3v) is 11.7. The summed E-state index contributed by atoms with van der Waals surface area (Å²) in [6.07, 6.45) is -1.50. The number of phenols is 1. The second-order valence-corrected chi connectivity index (χ2v) is 17.3. The number of phenolic OH excluding ortho intramolecular Hbond substituents is 1. The van der Waals surface area contributed by atoms with E-state index in [4.69, 9.17) is 11.6 Å². The van der Waals surface area contributed by atoms with Gasteiger partial charge in [0, 0.05) is 27.4 Å². The Labute approximate surface area is 442 Å². The van der Waals surface area contributed by atoms with E-state index in [1.165, 1.54) is 18.2 Å². The number of amides is 1. The van der Waals surface area contributed by atoms with E-state index >= 15 is 0 Å². The molecule has 0 aliphatic carbocycles. The molecule has 0 spiro atoms. The molecular formula is C31H15ClF2N6Na4O14S4. The number of carbonyl (C=O) groups excluding carboxylic acids is 1. The fourth-order valence-electron chi connectivity index (χ4n) is 5.49. The monoisotopic (exact) mass is 988 g/mol. The zero-order chi connectivity index (χ0) is 42.7. The van der Waals surface area contributed by atoms with Crippen molar-refractivity contribution in [2.24, 2.45) is 10.2 Å². The number of aromatic nitrogens is 2. The molecule has 0 unspecified atom stereocenters. The van der Waals surface area contributed by atoms with Gasteiger partial charge < -0.3 is 34.0 Å². The summed E-state index contributed by atoms with van der Waals surface area (Å²) in [5, 5.41) is 19.9. The first-order chi connectivity index (χ1) is 26.8. The number of halogens is 3. The number of azo groups is 1. The number of hydrogen-bond acceptors (Lipinski definition) is 19. The molecule has 0 aliphatic heterocycles. The van der Waals surface area contributed by atoms with Gasteiger partial charge in [-0.05, 0) is 53.9 Å². The van der Waals surface area contributed by atoms with Crippen LogP contribution >= 0.6 is 11.6 Å². The molecule has 0 aliphatic rings. The quantitative estimate of drug-likeness (QED) is 0.0377. The van der Waals surface area contributed by atoms with Gasteiger partial charge in [-0.15, -0.1) is 10.2 Å². The van der Waals surface area contributed by atoms with Crippen LogP contribution in [-0.2, 0) is 40.5 Å². The van der Waals surface area contributed by atoms with Crippen LogP contribution in [0.4, 0.5) is 37.3 Å². The molecule has 6 aromatic rings. The second-order valence-electron chi connectivity index (χ2n) is 11.5. The molecule has 1 amide bonds. The predicted molar refractivity (Wildman–Crippen MR) is 190 cm³/mol. The first-order valence-electron chi connectivity index (χ1n) is 15.1. The standard InChI is InChI=1S/C31H19ClF2N6O14S4.4Na/c32-24-28(33)37-31(34)38-29(24)35-15-4-1-3-13(9-15)30(42)36-20-12-16(55(43,44)45)10-14-11-22(57(49,50)51)25(26(41)23(14)20)40-39-19-8-7-17-18(27(19)58(52,53)54)5-2-6-21(17)56(46,47)48;;;;/h1-12,41H,(H,36,42)(H,35,37,38)(H,43,44,45)(H,46,47,48)(H,49,50,51)(H,52,53,54);;;;/q;4*+1/p-4/b40-39+;;;;. The number of nitrogens with zero attached hydrogens (tertiary/aromatic N) is 4. The van der Waals surface area contributed by atoms with Gasteiger partial charge in [-0.2, -0.15) is 18.7 Å². The van der Waals surface area contributed by atoms with E-state index in [2.05, 4.69) is 30.8 Å². The molecular weight excluding hydrogens is 974 g/mol. The third-order valence-electron chi connectivity index (χ3n) is 7.83. The number of aromatic hydroxyl groups is 1. The third kappa shape index (κ3) is 12.3. The molecule has 1 heterocycles. The summed E-state index contributed by atoms with van der Waals surface area (Å²) in [6.45, 7) is 0. The first kappa shape index (κ1) is 56.3. The minimum atomic E-state index is -5.75. The van der Waals surface area contributed by atoms with Crippen molar-refractivity contribution < 1.29 is 189 Å². The van der Waals surface area contributed by atoms with E-state index in [0.29, 0.717) is 24.3 Å². The number of anilines is 3. The summed E-state index contributed by atoms with van der Waals surface area (Å²) in [4.78, 5) is 14.9. The number of nitrogens with one attached hydrogen (secondary N) is 2. The van der Waals surface area contributed by atoms with Crippen LogP contribution in [-0.4, -0.2) is 72.9 Å². The van der Waals surface area contributed by atoms with Crippen LogP contribution in [0.15, 0.2) is 103 Å². The van der Waals surface area contributed by atoms with Gasteiger partial charge in [0.05, 0.1) is 25.3 Å². The maximum atomic E-state index is 13.9. The SMILES string of the molecule is O=C(Nc1cc(S(=O)(=O)[O-])cc2cc(S(=O)(=O)[O-])c(/N=N/c3ccc4c(S(=O)(=O)[O-])cccc4c3S(=O)(=O)[O-])c(O)c12)c1cccc(Nc2nc(F)nc(F)c2Cl)c1.[Na+].[Na+].[Na+].[Na+]. The Morgan fingerprint density at radius 3 is 1.94 bits per heavy atom. The number of benzene rings is 5. The number of hydrogen-bond donors (Lipinski definition) is 3. The minimum absolute atomic E-state index is 0. The van der Waals surface area contributed by atoms with Crippen molar-refractivity contribution in [2.45, 2.75) is 19.6 Å². The molecule has 62 heavy (non-hydrogen) atoms. The van der Waals surface area contributed by atoms with Crippen molar-refractivity contribution in [1.29, 1.82) is 0 Å². The van der Waals surface area contributed by atoms with Crippen LogP contribution < -0.4 is 129 Å². The van der Waals surface area contributed by atoms with E-state index in [9.17, 15) is 70.6 Å². The van der Waals surface area contributed by atoms with Crippen LogP contribution in [0.25, 0.3) is 21.5 Å². The van der Waals surface area contributed by atoms with Gasteiger partial charge >= 0.3 is 124 Å². The van der Waals surface area contributed by atoms with Crippen molar-refractivity contribution in [1.82, 2.24) is 9.97 Å². The molecule has 0 saturated heterocycles. The smallest absolute Gasteiger partial charge is 0.744 e. The first-order valence-corrected chi connectivity index (χ1v) is 21.1. The maximum absolute atomic E-state index is 13.9. The topological polar surface area (TPSA) is 341 Å². The summed E-state index contributed by atoms with van der Waals surface area (Å²) in [5.74, 6) is -4.45. The zero-order valence-corrected chi connectivity index (χ0v) is 43.8. The van der Waals surface area contributed by atoms with Gasteiger partial charge in [-0.25, -0.2) is 33.7 Å². The average molecular weight is 989 g/mol. The number of rotatable bonds is 10. The van der Waals surface area contributed by atoms with E-state index < -0.39 is 133 Å². The molecule has 0 fully saturated rings. The van der Waals surface area contributed by atoms with E-state index in [0.717, 1.165) is 30.3 Å². The predicted octanol–water partition coefficient (Wildman–Crippen LogP) is -7.54. The summed E-state index contributed by atoms with van der Waals surface area (Å²) in [6, 6.07) is 10.5. The van der Waals surface area contributed by atoms with Crippen LogP contribution in [0.5, 0.6) is 5.75 Å². The minimum Gasteiger partial charge on any atom is -0.744 e. The molecule has 6 rings (SSSR count). The Hall–Kier alpha value is -1.84. The molecule has 3 N–H and O–H groups in total. The largest absolute Gasteiger partial charge is 1.00 e. The molecule has 31 heteroatoms. The van der Waals surface area contributed by atoms with Crippen molar-refractivity contribution in [3.8, 4) is 5.75 Å². The summed E-state index contributed by atoms with van der Waals surface area (Å²) >= 11 is 5.78. The Morgan fingerprint density at radius 1 is 0.710 bits per heavy atom. The Morgan fingerprint density at radius 2 is 1.34 bits per heavy atom. The fraction of sp³-hybridized carbons (Fsp3) is 0.